The van der Waals surface area contributed by atoms with Gasteiger partial charge in [-0.15, -0.1) is 0 Å². The van der Waals surface area contributed by atoms with E-state index in [9.17, 15) is 9.59 Å². The summed E-state index contributed by atoms with van der Waals surface area (Å²) in [7, 11) is 3.66. The highest BCUT2D eigenvalue weighted by atomic mass is 16.2. The number of aromatic nitrogens is 2. The monoisotopic (exact) mass is 265 g/mol. The summed E-state index contributed by atoms with van der Waals surface area (Å²) in [6.45, 7) is 1.95. The Labute approximate surface area is 112 Å². The van der Waals surface area contributed by atoms with Crippen molar-refractivity contribution in [1.82, 2.24) is 24.7 Å². The second kappa shape index (κ2) is 5.73. The number of likely N-dealkylation sites (N-methyl/N-ethyl adjacent to an activating group) is 1. The minimum atomic E-state index is -0.127. The largest absolute Gasteiger partial charge is 0.354 e. The van der Waals surface area contributed by atoms with E-state index in [1.54, 1.807) is 23.0 Å². The average molecular weight is 265 g/mol. The molecule has 0 saturated carbocycles. The van der Waals surface area contributed by atoms with Crippen molar-refractivity contribution < 1.29 is 9.59 Å². The molecular weight excluding hydrogens is 246 g/mol. The van der Waals surface area contributed by atoms with Crippen LogP contribution in [-0.4, -0.2) is 64.5 Å². The van der Waals surface area contributed by atoms with Gasteiger partial charge in [0, 0.05) is 52.5 Å². The van der Waals surface area contributed by atoms with Crippen LogP contribution in [-0.2, 0) is 18.3 Å². The number of amides is 3. The van der Waals surface area contributed by atoms with Crippen LogP contribution in [0.3, 0.4) is 0 Å². The van der Waals surface area contributed by atoms with E-state index in [-0.39, 0.29) is 18.5 Å². The summed E-state index contributed by atoms with van der Waals surface area (Å²) >= 11 is 0. The highest BCUT2D eigenvalue weighted by Gasteiger charge is 2.26. The van der Waals surface area contributed by atoms with Gasteiger partial charge in [0.05, 0.1) is 0 Å². The van der Waals surface area contributed by atoms with Gasteiger partial charge in [0.15, 0.2) is 0 Å². The molecule has 0 aromatic carbocycles. The van der Waals surface area contributed by atoms with Gasteiger partial charge in [-0.2, -0.15) is 0 Å². The molecule has 0 spiro atoms. The number of rotatable bonds is 5. The Balaban J connectivity index is 1.71. The standard InChI is InChI=1S/C12H19N5O2/c1-15-6-5-13-10(15)3-4-14-11(18)9-17-8-7-16(2)12(17)19/h5-6H,3-4,7-9H2,1-2H3,(H,14,18). The van der Waals surface area contributed by atoms with Gasteiger partial charge in [0.25, 0.3) is 0 Å². The fourth-order valence-electron chi connectivity index (χ4n) is 2.03. The van der Waals surface area contributed by atoms with Gasteiger partial charge in [-0.05, 0) is 0 Å². The lowest BCUT2D eigenvalue weighted by atomic mass is 10.4. The number of urea groups is 1. The fraction of sp³-hybridized carbons (Fsp3) is 0.583. The summed E-state index contributed by atoms with van der Waals surface area (Å²) in [5, 5.41) is 2.81. The number of carbonyl (C=O) groups is 2. The highest BCUT2D eigenvalue weighted by Crippen LogP contribution is 2.04. The molecule has 1 aliphatic rings. The average Bonchev–Trinajstić information content (AvgIpc) is 2.91. The summed E-state index contributed by atoms with van der Waals surface area (Å²) in [6, 6.07) is -0.0840. The quantitative estimate of drug-likeness (QED) is 0.776. The van der Waals surface area contributed by atoms with Crippen LogP contribution in [0.2, 0.25) is 0 Å². The molecule has 0 atom stereocenters. The van der Waals surface area contributed by atoms with Crippen LogP contribution in [0.4, 0.5) is 4.79 Å². The maximum Gasteiger partial charge on any atom is 0.320 e. The third-order valence-electron chi connectivity index (χ3n) is 3.23. The van der Waals surface area contributed by atoms with Crippen LogP contribution in [0, 0.1) is 0 Å². The molecular formula is C12H19N5O2. The number of hydrogen-bond donors (Lipinski definition) is 1. The van der Waals surface area contributed by atoms with Crippen LogP contribution < -0.4 is 5.32 Å². The Hall–Kier alpha value is -2.05. The second-order valence-corrected chi connectivity index (χ2v) is 4.68. The molecule has 1 aromatic heterocycles. The van der Waals surface area contributed by atoms with E-state index >= 15 is 0 Å². The molecule has 104 valence electrons. The van der Waals surface area contributed by atoms with Crippen molar-refractivity contribution in [3.05, 3.63) is 18.2 Å². The highest BCUT2D eigenvalue weighted by molar-refractivity contribution is 5.84. The first-order chi connectivity index (χ1) is 9.08. The summed E-state index contributed by atoms with van der Waals surface area (Å²) in [4.78, 5) is 30.7. The SMILES string of the molecule is CN1CCN(CC(=O)NCCc2nccn2C)C1=O. The van der Waals surface area contributed by atoms with E-state index in [1.807, 2.05) is 17.8 Å². The minimum Gasteiger partial charge on any atom is -0.354 e. The van der Waals surface area contributed by atoms with Gasteiger partial charge in [-0.25, -0.2) is 9.78 Å². The molecule has 2 rings (SSSR count). The fourth-order valence-corrected chi connectivity index (χ4v) is 2.03. The van der Waals surface area contributed by atoms with Crippen LogP contribution in [0.5, 0.6) is 0 Å². The molecule has 2 heterocycles. The van der Waals surface area contributed by atoms with Crippen LogP contribution >= 0.6 is 0 Å². The predicted octanol–water partition coefficient (Wildman–Crippen LogP) is -0.554. The molecule has 1 saturated heterocycles. The van der Waals surface area contributed by atoms with Gasteiger partial charge in [-0.3, -0.25) is 4.79 Å². The minimum absolute atomic E-state index is 0.0840. The van der Waals surface area contributed by atoms with Gasteiger partial charge >= 0.3 is 6.03 Å². The van der Waals surface area contributed by atoms with E-state index in [0.29, 0.717) is 26.1 Å². The van der Waals surface area contributed by atoms with Crippen molar-refractivity contribution in [3.63, 3.8) is 0 Å². The maximum atomic E-state index is 11.7. The first-order valence-corrected chi connectivity index (χ1v) is 6.31. The molecule has 0 aliphatic carbocycles. The molecule has 0 unspecified atom stereocenters. The van der Waals surface area contributed by atoms with Gasteiger partial charge < -0.3 is 19.7 Å². The van der Waals surface area contributed by atoms with E-state index < -0.39 is 0 Å². The van der Waals surface area contributed by atoms with E-state index in [4.69, 9.17) is 0 Å². The zero-order valence-electron chi connectivity index (χ0n) is 11.3. The number of imidazole rings is 1. The smallest absolute Gasteiger partial charge is 0.320 e. The maximum absolute atomic E-state index is 11.7. The predicted molar refractivity (Wildman–Crippen MR) is 69.5 cm³/mol. The molecule has 0 bridgehead atoms. The zero-order chi connectivity index (χ0) is 13.8. The summed E-state index contributed by atoms with van der Waals surface area (Å²) in [6.07, 6.45) is 4.29. The summed E-state index contributed by atoms with van der Waals surface area (Å²) in [5.41, 5.74) is 0. The lowest BCUT2D eigenvalue weighted by Gasteiger charge is -2.15. The van der Waals surface area contributed by atoms with Gasteiger partial charge in [0.1, 0.15) is 12.4 Å². The molecule has 1 aliphatic heterocycles. The Bertz CT molecular complexity index is 470. The topological polar surface area (TPSA) is 70.5 Å². The summed E-state index contributed by atoms with van der Waals surface area (Å²) in [5.74, 6) is 0.801. The molecule has 3 amide bonds. The molecule has 1 fully saturated rings. The Morgan fingerprint density at radius 1 is 1.42 bits per heavy atom. The van der Waals surface area contributed by atoms with Crippen molar-refractivity contribution in [2.45, 2.75) is 6.42 Å². The lowest BCUT2D eigenvalue weighted by Crippen LogP contribution is -2.39. The van der Waals surface area contributed by atoms with E-state index in [0.717, 1.165) is 5.82 Å². The van der Waals surface area contributed by atoms with Crippen molar-refractivity contribution in [2.75, 3.05) is 33.2 Å². The van der Waals surface area contributed by atoms with Crippen LogP contribution in [0.25, 0.3) is 0 Å². The molecule has 7 heteroatoms. The normalized spacial score (nSPS) is 15.2. The van der Waals surface area contributed by atoms with Gasteiger partial charge in [0.2, 0.25) is 5.91 Å². The van der Waals surface area contributed by atoms with Crippen molar-refractivity contribution >= 4 is 11.9 Å². The second-order valence-electron chi connectivity index (χ2n) is 4.68. The molecule has 1 N–H and O–H groups in total. The number of nitrogens with one attached hydrogen (secondary N) is 1. The van der Waals surface area contributed by atoms with Gasteiger partial charge in [-0.1, -0.05) is 0 Å². The Morgan fingerprint density at radius 2 is 2.21 bits per heavy atom. The third kappa shape index (κ3) is 3.24. The van der Waals surface area contributed by atoms with E-state index in [2.05, 4.69) is 10.3 Å². The van der Waals surface area contributed by atoms with Crippen molar-refractivity contribution in [1.29, 1.82) is 0 Å². The Kier molecular flexibility index (Phi) is 4.03. The third-order valence-corrected chi connectivity index (χ3v) is 3.23. The molecule has 7 nitrogen and oxygen atoms in total. The Morgan fingerprint density at radius 3 is 2.79 bits per heavy atom. The number of hydrogen-bond acceptors (Lipinski definition) is 3. The van der Waals surface area contributed by atoms with Crippen molar-refractivity contribution in [3.8, 4) is 0 Å². The van der Waals surface area contributed by atoms with Crippen LogP contribution in [0.15, 0.2) is 12.4 Å². The number of nitrogens with zero attached hydrogens (tertiary/aromatic N) is 4. The number of aryl methyl sites for hydroxylation is 1. The first kappa shape index (κ1) is 13.4. The number of carbonyl (C=O) groups excluding carboxylic acids is 2. The molecule has 19 heavy (non-hydrogen) atoms. The molecule has 1 aromatic rings. The molecule has 0 radical (unpaired) electrons. The van der Waals surface area contributed by atoms with Crippen molar-refractivity contribution in [2.24, 2.45) is 7.05 Å². The zero-order valence-corrected chi connectivity index (χ0v) is 11.3. The summed E-state index contributed by atoms with van der Waals surface area (Å²) < 4.78 is 1.92. The van der Waals surface area contributed by atoms with E-state index in [1.165, 1.54) is 0 Å². The van der Waals surface area contributed by atoms with Crippen LogP contribution in [0.1, 0.15) is 5.82 Å². The first-order valence-electron chi connectivity index (χ1n) is 6.31. The lowest BCUT2D eigenvalue weighted by molar-refractivity contribution is -0.121.